The molecule has 1 heterocycles. The summed E-state index contributed by atoms with van der Waals surface area (Å²) in [6.07, 6.45) is 1.06. The average molecular weight is 282 g/mol. The maximum absolute atomic E-state index is 5.83. The van der Waals surface area contributed by atoms with Crippen molar-refractivity contribution in [2.45, 2.75) is 18.4 Å². The minimum Gasteiger partial charge on any atom is -0.486 e. The molecule has 2 aliphatic rings. The number of rotatable bonds is 3. The zero-order chi connectivity index (χ0) is 14.2. The highest BCUT2D eigenvalue weighted by Gasteiger charge is 2.33. The third-order valence-electron chi connectivity index (χ3n) is 4.40. The first-order valence-electron chi connectivity index (χ1n) is 7.30. The first-order valence-corrected chi connectivity index (χ1v) is 7.30. The summed E-state index contributed by atoms with van der Waals surface area (Å²) < 4.78 is 11.2. The Hall–Kier alpha value is -2.04. The molecule has 0 fully saturated rings. The van der Waals surface area contributed by atoms with Crippen molar-refractivity contribution in [2.75, 3.05) is 13.2 Å². The van der Waals surface area contributed by atoms with Gasteiger partial charge in [-0.25, -0.2) is 0 Å². The molecule has 0 radical (unpaired) electrons. The van der Waals surface area contributed by atoms with Crippen molar-refractivity contribution in [3.63, 3.8) is 0 Å². The molecule has 21 heavy (non-hydrogen) atoms. The van der Waals surface area contributed by atoms with Crippen molar-refractivity contribution in [3.8, 4) is 11.5 Å². The molecule has 3 N–H and O–H groups in total. The average Bonchev–Trinajstić information content (AvgIpc) is 2.52. The molecule has 2 atom stereocenters. The lowest BCUT2D eigenvalue weighted by molar-refractivity contribution is 0.171. The van der Waals surface area contributed by atoms with Crippen LogP contribution >= 0.6 is 0 Å². The zero-order valence-electron chi connectivity index (χ0n) is 11.7. The van der Waals surface area contributed by atoms with Crippen molar-refractivity contribution in [1.82, 2.24) is 5.43 Å². The molecular weight excluding hydrogens is 264 g/mol. The molecule has 1 aliphatic carbocycles. The van der Waals surface area contributed by atoms with Crippen molar-refractivity contribution >= 4 is 0 Å². The van der Waals surface area contributed by atoms with Gasteiger partial charge in [-0.3, -0.25) is 11.3 Å². The predicted molar refractivity (Wildman–Crippen MR) is 80.4 cm³/mol. The summed E-state index contributed by atoms with van der Waals surface area (Å²) in [6, 6.07) is 14.7. The van der Waals surface area contributed by atoms with Crippen LogP contribution < -0.4 is 20.7 Å². The fourth-order valence-electron chi connectivity index (χ4n) is 3.29. The van der Waals surface area contributed by atoms with Crippen LogP contribution in [0.5, 0.6) is 11.5 Å². The van der Waals surface area contributed by atoms with Gasteiger partial charge in [-0.2, -0.15) is 0 Å². The van der Waals surface area contributed by atoms with E-state index in [1.807, 2.05) is 12.1 Å². The normalized spacial score (nSPS) is 20.3. The molecule has 108 valence electrons. The van der Waals surface area contributed by atoms with E-state index in [0.29, 0.717) is 19.1 Å². The Kier molecular flexibility index (Phi) is 3.05. The second kappa shape index (κ2) is 5.06. The largest absolute Gasteiger partial charge is 0.486 e. The van der Waals surface area contributed by atoms with Gasteiger partial charge in [0.1, 0.15) is 13.2 Å². The zero-order valence-corrected chi connectivity index (χ0v) is 11.7. The summed E-state index contributed by atoms with van der Waals surface area (Å²) in [6.45, 7) is 1.21. The minimum absolute atomic E-state index is 0.0933. The van der Waals surface area contributed by atoms with Crippen LogP contribution in [0.3, 0.4) is 0 Å². The van der Waals surface area contributed by atoms with E-state index in [2.05, 4.69) is 35.8 Å². The summed E-state index contributed by atoms with van der Waals surface area (Å²) >= 11 is 0. The Balaban J connectivity index is 1.65. The first-order chi connectivity index (χ1) is 10.4. The van der Waals surface area contributed by atoms with Gasteiger partial charge in [0.2, 0.25) is 0 Å². The number of nitrogens with two attached hydrogens (primary N) is 1. The van der Waals surface area contributed by atoms with E-state index >= 15 is 0 Å². The van der Waals surface area contributed by atoms with Gasteiger partial charge in [0.15, 0.2) is 11.5 Å². The molecular formula is C17H18N2O2. The quantitative estimate of drug-likeness (QED) is 0.670. The van der Waals surface area contributed by atoms with E-state index in [9.17, 15) is 0 Å². The molecule has 2 aromatic carbocycles. The highest BCUT2D eigenvalue weighted by Crippen LogP contribution is 2.44. The van der Waals surface area contributed by atoms with Crippen LogP contribution in [0.1, 0.15) is 28.7 Å². The number of hydrogen-bond acceptors (Lipinski definition) is 4. The SMILES string of the molecule is NNC(c1ccc2c(c1)OCCO2)C1Cc2ccccc21. The van der Waals surface area contributed by atoms with Gasteiger partial charge in [-0.1, -0.05) is 30.3 Å². The van der Waals surface area contributed by atoms with Crippen molar-refractivity contribution in [1.29, 1.82) is 0 Å². The maximum Gasteiger partial charge on any atom is 0.161 e. The second-order valence-corrected chi connectivity index (χ2v) is 5.56. The summed E-state index contributed by atoms with van der Waals surface area (Å²) in [5, 5.41) is 0. The van der Waals surface area contributed by atoms with Crippen LogP contribution in [0.2, 0.25) is 0 Å². The van der Waals surface area contributed by atoms with E-state index in [0.717, 1.165) is 23.5 Å². The number of ether oxygens (including phenoxy) is 2. The van der Waals surface area contributed by atoms with Crippen LogP contribution in [0, 0.1) is 0 Å². The van der Waals surface area contributed by atoms with Gasteiger partial charge in [-0.05, 0) is 35.2 Å². The molecule has 0 saturated carbocycles. The van der Waals surface area contributed by atoms with Gasteiger partial charge >= 0.3 is 0 Å². The fraction of sp³-hybridized carbons (Fsp3) is 0.294. The Morgan fingerprint density at radius 1 is 1.05 bits per heavy atom. The van der Waals surface area contributed by atoms with Gasteiger partial charge in [0, 0.05) is 5.92 Å². The number of nitrogens with one attached hydrogen (secondary N) is 1. The van der Waals surface area contributed by atoms with Gasteiger partial charge < -0.3 is 9.47 Å². The lowest BCUT2D eigenvalue weighted by Crippen LogP contribution is -2.37. The molecule has 1 aliphatic heterocycles. The predicted octanol–water partition coefficient (Wildman–Crippen LogP) is 2.30. The molecule has 2 unspecified atom stereocenters. The first kappa shape index (κ1) is 12.7. The van der Waals surface area contributed by atoms with E-state index in [1.165, 1.54) is 11.1 Å². The third-order valence-corrected chi connectivity index (χ3v) is 4.40. The van der Waals surface area contributed by atoms with Crippen LogP contribution in [0.4, 0.5) is 0 Å². The summed E-state index contributed by atoms with van der Waals surface area (Å²) in [5.74, 6) is 7.86. The standard InChI is InChI=1S/C17H18N2O2/c18-19-17(14-9-11-3-1-2-4-13(11)14)12-5-6-15-16(10-12)21-8-7-20-15/h1-6,10,14,17,19H,7-9,18H2. The van der Waals surface area contributed by atoms with Crippen LogP contribution in [-0.2, 0) is 6.42 Å². The number of fused-ring (bicyclic) bond motifs is 2. The molecule has 2 aromatic rings. The number of benzene rings is 2. The van der Waals surface area contributed by atoms with Gasteiger partial charge in [0.05, 0.1) is 6.04 Å². The molecule has 0 bridgehead atoms. The van der Waals surface area contributed by atoms with E-state index in [4.69, 9.17) is 15.3 Å². The number of hydrazine groups is 1. The smallest absolute Gasteiger partial charge is 0.161 e. The van der Waals surface area contributed by atoms with Crippen molar-refractivity contribution in [2.24, 2.45) is 5.84 Å². The number of hydrogen-bond donors (Lipinski definition) is 2. The molecule has 4 nitrogen and oxygen atoms in total. The maximum atomic E-state index is 5.83. The molecule has 0 saturated heterocycles. The lowest BCUT2D eigenvalue weighted by Gasteiger charge is -2.36. The van der Waals surface area contributed by atoms with Gasteiger partial charge in [-0.15, -0.1) is 0 Å². The van der Waals surface area contributed by atoms with Gasteiger partial charge in [0.25, 0.3) is 0 Å². The summed E-state index contributed by atoms with van der Waals surface area (Å²) in [4.78, 5) is 0. The fourth-order valence-corrected chi connectivity index (χ4v) is 3.29. The second-order valence-electron chi connectivity index (χ2n) is 5.56. The van der Waals surface area contributed by atoms with Crippen LogP contribution in [0.25, 0.3) is 0 Å². The van der Waals surface area contributed by atoms with Crippen molar-refractivity contribution in [3.05, 3.63) is 59.2 Å². The van der Waals surface area contributed by atoms with E-state index < -0.39 is 0 Å². The Morgan fingerprint density at radius 3 is 2.67 bits per heavy atom. The Labute approximate surface area is 123 Å². The summed E-state index contributed by atoms with van der Waals surface area (Å²) in [5.41, 5.74) is 6.91. The third kappa shape index (κ3) is 2.07. The summed E-state index contributed by atoms with van der Waals surface area (Å²) in [7, 11) is 0. The van der Waals surface area contributed by atoms with Crippen LogP contribution in [-0.4, -0.2) is 13.2 Å². The van der Waals surface area contributed by atoms with E-state index in [-0.39, 0.29) is 6.04 Å². The molecule has 4 rings (SSSR count). The minimum atomic E-state index is 0.0933. The lowest BCUT2D eigenvalue weighted by atomic mass is 9.72. The monoisotopic (exact) mass is 282 g/mol. The molecule has 0 spiro atoms. The highest BCUT2D eigenvalue weighted by atomic mass is 16.6. The molecule has 0 amide bonds. The van der Waals surface area contributed by atoms with Crippen LogP contribution in [0.15, 0.2) is 42.5 Å². The Bertz CT molecular complexity index is 672. The van der Waals surface area contributed by atoms with E-state index in [1.54, 1.807) is 0 Å². The topological polar surface area (TPSA) is 56.5 Å². The van der Waals surface area contributed by atoms with Crippen molar-refractivity contribution < 1.29 is 9.47 Å². The Morgan fingerprint density at radius 2 is 1.86 bits per heavy atom. The molecule has 0 aromatic heterocycles. The highest BCUT2D eigenvalue weighted by molar-refractivity contribution is 5.48. The molecule has 4 heteroatoms.